The van der Waals surface area contributed by atoms with E-state index in [2.05, 4.69) is 25.5 Å². The lowest BCUT2D eigenvalue weighted by molar-refractivity contribution is 0.103. The molecule has 116 valence electrons. The van der Waals surface area contributed by atoms with Crippen molar-refractivity contribution < 1.29 is 4.79 Å². The third kappa shape index (κ3) is 3.56. The Bertz CT molecular complexity index is 887. The second kappa shape index (κ2) is 7.07. The minimum Gasteiger partial charge on any atom is -0.350 e. The Labute approximate surface area is 138 Å². The van der Waals surface area contributed by atoms with Gasteiger partial charge in [0, 0.05) is 30.7 Å². The fourth-order valence-corrected chi connectivity index (χ4v) is 2.04. The number of ketones is 1. The van der Waals surface area contributed by atoms with Crippen molar-refractivity contribution in [3.63, 3.8) is 0 Å². The molecule has 0 spiro atoms. The van der Waals surface area contributed by atoms with Crippen molar-refractivity contribution in [1.82, 2.24) is 20.2 Å². The van der Waals surface area contributed by atoms with Crippen molar-refractivity contribution in [2.45, 2.75) is 6.54 Å². The van der Waals surface area contributed by atoms with E-state index in [1.807, 2.05) is 12.1 Å². The highest BCUT2D eigenvalue weighted by Crippen LogP contribution is 2.11. The lowest BCUT2D eigenvalue weighted by atomic mass is 10.0. The van der Waals surface area contributed by atoms with Gasteiger partial charge in [-0.25, -0.2) is 9.97 Å². The second-order valence-electron chi connectivity index (χ2n) is 4.92. The number of nitriles is 1. The highest BCUT2D eigenvalue weighted by Gasteiger charge is 2.11. The van der Waals surface area contributed by atoms with E-state index in [-0.39, 0.29) is 5.78 Å². The third-order valence-electron chi connectivity index (χ3n) is 3.26. The number of anilines is 1. The van der Waals surface area contributed by atoms with Crippen molar-refractivity contribution in [3.8, 4) is 6.07 Å². The Morgan fingerprint density at radius 1 is 1.08 bits per heavy atom. The van der Waals surface area contributed by atoms with E-state index in [0.29, 0.717) is 29.2 Å². The Morgan fingerprint density at radius 3 is 2.62 bits per heavy atom. The first-order valence-corrected chi connectivity index (χ1v) is 7.12. The first kappa shape index (κ1) is 15.2. The normalized spacial score (nSPS) is 9.96. The van der Waals surface area contributed by atoms with Crippen molar-refractivity contribution in [1.29, 1.82) is 5.26 Å². The molecule has 7 heteroatoms. The van der Waals surface area contributed by atoms with Crippen molar-refractivity contribution in [3.05, 3.63) is 77.4 Å². The molecule has 0 aliphatic heterocycles. The summed E-state index contributed by atoms with van der Waals surface area (Å²) in [5.74, 6) is 0.186. The summed E-state index contributed by atoms with van der Waals surface area (Å²) in [6.45, 7) is 0.507. The summed E-state index contributed by atoms with van der Waals surface area (Å²) < 4.78 is 0. The number of nitrogens with zero attached hydrogens (tertiary/aromatic N) is 5. The lowest BCUT2D eigenvalue weighted by Crippen LogP contribution is -2.07. The van der Waals surface area contributed by atoms with E-state index in [4.69, 9.17) is 5.26 Å². The van der Waals surface area contributed by atoms with Crippen LogP contribution in [0, 0.1) is 11.3 Å². The summed E-state index contributed by atoms with van der Waals surface area (Å²) in [4.78, 5) is 20.7. The number of rotatable bonds is 5. The van der Waals surface area contributed by atoms with Crippen LogP contribution in [0.15, 0.2) is 55.1 Å². The first-order chi connectivity index (χ1) is 11.8. The number of aromatic nitrogens is 4. The standard InChI is InChI=1S/C17H12N6O/c18-7-12-2-1-3-14(6-12)16(24)15-10-20-17(21-11-15)19-8-13-4-5-22-23-9-13/h1-6,9-11H,8H2,(H,19,20,21). The van der Waals surface area contributed by atoms with E-state index < -0.39 is 0 Å². The van der Waals surface area contributed by atoms with E-state index in [0.717, 1.165) is 5.56 Å². The molecule has 7 nitrogen and oxygen atoms in total. The Hall–Kier alpha value is -3.66. The molecular weight excluding hydrogens is 304 g/mol. The average molecular weight is 316 g/mol. The highest BCUT2D eigenvalue weighted by atomic mass is 16.1. The molecule has 0 amide bonds. The number of nitrogens with one attached hydrogen (secondary N) is 1. The number of carbonyl (C=O) groups excluding carboxylic acids is 1. The fourth-order valence-electron chi connectivity index (χ4n) is 2.04. The van der Waals surface area contributed by atoms with Gasteiger partial charge in [-0.3, -0.25) is 4.79 Å². The van der Waals surface area contributed by atoms with Gasteiger partial charge in [-0.1, -0.05) is 12.1 Å². The quantitative estimate of drug-likeness (QED) is 0.717. The molecule has 24 heavy (non-hydrogen) atoms. The van der Waals surface area contributed by atoms with Crippen LogP contribution in [0.1, 0.15) is 27.0 Å². The van der Waals surface area contributed by atoms with Gasteiger partial charge in [-0.05, 0) is 23.8 Å². The van der Waals surface area contributed by atoms with Gasteiger partial charge in [0.1, 0.15) is 0 Å². The number of benzene rings is 1. The summed E-state index contributed by atoms with van der Waals surface area (Å²) >= 11 is 0. The monoisotopic (exact) mass is 316 g/mol. The van der Waals surface area contributed by atoms with Gasteiger partial charge in [0.15, 0.2) is 5.78 Å². The van der Waals surface area contributed by atoms with Gasteiger partial charge in [0.05, 0.1) is 23.4 Å². The first-order valence-electron chi connectivity index (χ1n) is 7.12. The molecule has 0 atom stereocenters. The maximum absolute atomic E-state index is 12.4. The maximum Gasteiger partial charge on any atom is 0.222 e. The molecular formula is C17H12N6O. The molecule has 0 radical (unpaired) electrons. The molecule has 3 rings (SSSR count). The van der Waals surface area contributed by atoms with Crippen LogP contribution in [0.25, 0.3) is 0 Å². The molecule has 3 aromatic rings. The van der Waals surface area contributed by atoms with Crippen LogP contribution in [0.2, 0.25) is 0 Å². The zero-order valence-electron chi connectivity index (χ0n) is 12.5. The summed E-state index contributed by atoms with van der Waals surface area (Å²) in [6.07, 6.45) is 6.17. The minimum absolute atomic E-state index is 0.225. The van der Waals surface area contributed by atoms with Crippen molar-refractivity contribution >= 4 is 11.7 Å². The smallest absolute Gasteiger partial charge is 0.222 e. The molecule has 0 saturated carbocycles. The van der Waals surface area contributed by atoms with Crippen LogP contribution in [0.4, 0.5) is 5.95 Å². The lowest BCUT2D eigenvalue weighted by Gasteiger charge is -2.05. The summed E-state index contributed by atoms with van der Waals surface area (Å²) in [6, 6.07) is 10.4. The highest BCUT2D eigenvalue weighted by molar-refractivity contribution is 6.08. The van der Waals surface area contributed by atoms with Crippen LogP contribution in [0.5, 0.6) is 0 Å². The molecule has 0 fully saturated rings. The zero-order valence-corrected chi connectivity index (χ0v) is 12.5. The summed E-state index contributed by atoms with van der Waals surface area (Å²) in [7, 11) is 0. The minimum atomic E-state index is -0.225. The van der Waals surface area contributed by atoms with Gasteiger partial charge >= 0.3 is 0 Å². The van der Waals surface area contributed by atoms with Gasteiger partial charge in [0.2, 0.25) is 5.95 Å². The van der Waals surface area contributed by atoms with E-state index >= 15 is 0 Å². The van der Waals surface area contributed by atoms with Crippen LogP contribution >= 0.6 is 0 Å². The predicted molar refractivity (Wildman–Crippen MR) is 86.0 cm³/mol. The van der Waals surface area contributed by atoms with E-state index in [9.17, 15) is 4.79 Å². The molecule has 1 aromatic carbocycles. The molecule has 2 aromatic heterocycles. The number of hydrogen-bond acceptors (Lipinski definition) is 7. The molecule has 0 saturated heterocycles. The van der Waals surface area contributed by atoms with Crippen LogP contribution in [-0.2, 0) is 6.54 Å². The van der Waals surface area contributed by atoms with E-state index in [1.54, 1.807) is 36.7 Å². The molecule has 2 heterocycles. The van der Waals surface area contributed by atoms with Gasteiger partial charge in [0.25, 0.3) is 0 Å². The van der Waals surface area contributed by atoms with Gasteiger partial charge in [-0.2, -0.15) is 15.5 Å². The average Bonchev–Trinajstić information content (AvgIpc) is 2.67. The zero-order chi connectivity index (χ0) is 16.8. The maximum atomic E-state index is 12.4. The summed E-state index contributed by atoms with van der Waals surface area (Å²) in [5, 5.41) is 19.4. The Kier molecular flexibility index (Phi) is 4.49. The number of carbonyl (C=O) groups is 1. The van der Waals surface area contributed by atoms with Gasteiger partial charge < -0.3 is 5.32 Å². The SMILES string of the molecule is N#Cc1cccc(C(=O)c2cnc(NCc3ccnnc3)nc2)c1. The number of hydrogen-bond donors (Lipinski definition) is 1. The predicted octanol–water partition coefficient (Wildman–Crippen LogP) is 1.98. The third-order valence-corrected chi connectivity index (χ3v) is 3.26. The second-order valence-corrected chi connectivity index (χ2v) is 4.92. The Balaban J connectivity index is 1.69. The van der Waals surface area contributed by atoms with Crippen LogP contribution in [-0.4, -0.2) is 25.9 Å². The van der Waals surface area contributed by atoms with E-state index in [1.165, 1.54) is 12.4 Å². The topological polar surface area (TPSA) is 104 Å². The van der Waals surface area contributed by atoms with Gasteiger partial charge in [-0.15, -0.1) is 0 Å². The molecule has 0 aliphatic rings. The summed E-state index contributed by atoms with van der Waals surface area (Å²) in [5.41, 5.74) is 2.18. The Morgan fingerprint density at radius 2 is 1.92 bits per heavy atom. The molecule has 0 aliphatic carbocycles. The fraction of sp³-hybridized carbons (Fsp3) is 0.0588. The van der Waals surface area contributed by atoms with Crippen LogP contribution in [0.3, 0.4) is 0 Å². The van der Waals surface area contributed by atoms with Crippen LogP contribution < -0.4 is 5.32 Å². The van der Waals surface area contributed by atoms with Crippen molar-refractivity contribution in [2.24, 2.45) is 0 Å². The molecule has 0 bridgehead atoms. The van der Waals surface area contributed by atoms with Crippen molar-refractivity contribution in [2.75, 3.05) is 5.32 Å². The largest absolute Gasteiger partial charge is 0.350 e. The molecule has 1 N–H and O–H groups in total. The molecule has 0 unspecified atom stereocenters.